The molecule has 0 aliphatic heterocycles. The molecule has 23 heavy (non-hydrogen) atoms. The van der Waals surface area contributed by atoms with Crippen molar-refractivity contribution in [2.24, 2.45) is 5.73 Å². The maximum absolute atomic E-state index is 5.90. The minimum Gasteiger partial charge on any atom is -0.377 e. The van der Waals surface area contributed by atoms with Crippen LogP contribution in [0, 0.1) is 6.92 Å². The van der Waals surface area contributed by atoms with E-state index < -0.39 is 0 Å². The number of aromatic nitrogens is 5. The van der Waals surface area contributed by atoms with Crippen LogP contribution in [0.3, 0.4) is 0 Å². The number of hydrogen-bond acceptors (Lipinski definition) is 7. The molecule has 2 aromatic heterocycles. The number of H-pyrrole nitrogens is 1. The van der Waals surface area contributed by atoms with Crippen LogP contribution in [0.1, 0.15) is 54.9 Å². The van der Waals surface area contributed by atoms with Gasteiger partial charge in [-0.2, -0.15) is 5.10 Å². The molecule has 1 saturated carbocycles. The number of nitrogens with one attached hydrogen (secondary N) is 2. The predicted octanol–water partition coefficient (Wildman–Crippen LogP) is 1.43. The van der Waals surface area contributed by atoms with Gasteiger partial charge in [0.15, 0.2) is 11.6 Å². The summed E-state index contributed by atoms with van der Waals surface area (Å²) >= 11 is 0. The third-order valence-electron chi connectivity index (χ3n) is 4.02. The SMILES string of the molecule is COCc1nc(N[C@H](C)c2n[nH]c(C)n2)cc(C2CC(N)C2)n1. The Labute approximate surface area is 135 Å². The van der Waals surface area contributed by atoms with E-state index in [1.807, 2.05) is 19.9 Å². The van der Waals surface area contributed by atoms with Crippen LogP contribution in [-0.2, 0) is 11.3 Å². The predicted molar refractivity (Wildman–Crippen MR) is 85.9 cm³/mol. The van der Waals surface area contributed by atoms with E-state index >= 15 is 0 Å². The second kappa shape index (κ2) is 6.59. The molecule has 4 N–H and O–H groups in total. The molecule has 1 atom stereocenters. The molecule has 0 unspecified atom stereocenters. The van der Waals surface area contributed by atoms with Crippen LogP contribution in [0.4, 0.5) is 5.82 Å². The third-order valence-corrected chi connectivity index (χ3v) is 4.02. The summed E-state index contributed by atoms with van der Waals surface area (Å²) in [6, 6.07) is 2.22. The van der Waals surface area contributed by atoms with Crippen molar-refractivity contribution in [3.63, 3.8) is 0 Å². The van der Waals surface area contributed by atoms with E-state index in [0.29, 0.717) is 24.2 Å². The second-order valence-electron chi connectivity index (χ2n) is 6.10. The summed E-state index contributed by atoms with van der Waals surface area (Å²) in [7, 11) is 1.64. The third kappa shape index (κ3) is 3.65. The van der Waals surface area contributed by atoms with Gasteiger partial charge < -0.3 is 15.8 Å². The molecule has 8 nitrogen and oxygen atoms in total. The normalized spacial score (nSPS) is 21.7. The quantitative estimate of drug-likeness (QED) is 0.738. The molecular weight excluding hydrogens is 294 g/mol. The van der Waals surface area contributed by atoms with Crippen LogP contribution in [0.25, 0.3) is 0 Å². The number of rotatable bonds is 6. The highest BCUT2D eigenvalue weighted by molar-refractivity contribution is 5.39. The maximum atomic E-state index is 5.90. The average Bonchev–Trinajstić information content (AvgIpc) is 2.91. The first-order valence-corrected chi connectivity index (χ1v) is 7.83. The van der Waals surface area contributed by atoms with Gasteiger partial charge in [-0.05, 0) is 26.7 Å². The summed E-state index contributed by atoms with van der Waals surface area (Å²) in [6.07, 6.45) is 1.94. The smallest absolute Gasteiger partial charge is 0.172 e. The number of nitrogens with zero attached hydrogens (tertiary/aromatic N) is 4. The number of ether oxygens (including phenoxy) is 1. The molecule has 1 aliphatic carbocycles. The molecule has 0 bridgehead atoms. The van der Waals surface area contributed by atoms with Crippen molar-refractivity contribution in [2.75, 3.05) is 12.4 Å². The molecule has 0 aromatic carbocycles. The lowest BCUT2D eigenvalue weighted by molar-refractivity contribution is 0.177. The first-order valence-electron chi connectivity index (χ1n) is 7.83. The van der Waals surface area contributed by atoms with Crippen molar-refractivity contribution in [1.82, 2.24) is 25.1 Å². The van der Waals surface area contributed by atoms with Crippen molar-refractivity contribution in [2.45, 2.75) is 51.3 Å². The molecule has 0 saturated heterocycles. The number of anilines is 1. The fraction of sp³-hybridized carbons (Fsp3) is 0.600. The van der Waals surface area contributed by atoms with E-state index in [4.69, 9.17) is 10.5 Å². The first-order chi connectivity index (χ1) is 11.0. The van der Waals surface area contributed by atoms with Gasteiger partial charge >= 0.3 is 0 Å². The second-order valence-corrected chi connectivity index (χ2v) is 6.10. The fourth-order valence-electron chi connectivity index (χ4n) is 2.74. The molecule has 2 aromatic rings. The molecule has 2 heterocycles. The number of methoxy groups -OCH3 is 1. The molecular formula is C15H23N7O. The summed E-state index contributed by atoms with van der Waals surface area (Å²) in [5.74, 6) is 3.34. The van der Waals surface area contributed by atoms with Crippen molar-refractivity contribution in [1.29, 1.82) is 0 Å². The molecule has 0 amide bonds. The molecule has 1 fully saturated rings. The first kappa shape index (κ1) is 15.8. The molecule has 0 radical (unpaired) electrons. The van der Waals surface area contributed by atoms with Gasteiger partial charge in [0, 0.05) is 30.8 Å². The Bertz CT molecular complexity index is 666. The van der Waals surface area contributed by atoms with E-state index in [-0.39, 0.29) is 12.1 Å². The monoisotopic (exact) mass is 317 g/mol. The van der Waals surface area contributed by atoms with E-state index in [1.165, 1.54) is 0 Å². The van der Waals surface area contributed by atoms with Crippen LogP contribution >= 0.6 is 0 Å². The molecule has 1 aliphatic rings. The van der Waals surface area contributed by atoms with Gasteiger partial charge in [-0.3, -0.25) is 5.10 Å². The Hall–Kier alpha value is -2.06. The topological polar surface area (TPSA) is 115 Å². The highest BCUT2D eigenvalue weighted by Gasteiger charge is 2.29. The summed E-state index contributed by atoms with van der Waals surface area (Å²) in [5, 5.41) is 10.4. The van der Waals surface area contributed by atoms with E-state index in [1.54, 1.807) is 7.11 Å². The van der Waals surface area contributed by atoms with Gasteiger partial charge in [0.1, 0.15) is 18.2 Å². The van der Waals surface area contributed by atoms with E-state index in [9.17, 15) is 0 Å². The van der Waals surface area contributed by atoms with Gasteiger partial charge in [0.25, 0.3) is 0 Å². The molecule has 3 rings (SSSR count). The highest BCUT2D eigenvalue weighted by Crippen LogP contribution is 2.35. The highest BCUT2D eigenvalue weighted by atomic mass is 16.5. The fourth-order valence-corrected chi connectivity index (χ4v) is 2.74. The van der Waals surface area contributed by atoms with E-state index in [0.717, 1.165) is 30.2 Å². The van der Waals surface area contributed by atoms with Crippen LogP contribution in [-0.4, -0.2) is 38.3 Å². The number of nitrogens with two attached hydrogens (primary N) is 1. The molecule has 124 valence electrons. The summed E-state index contributed by atoms with van der Waals surface area (Å²) in [6.45, 7) is 4.26. The van der Waals surface area contributed by atoms with Gasteiger partial charge in [0.2, 0.25) is 0 Å². The lowest BCUT2D eigenvalue weighted by Gasteiger charge is -2.32. The largest absolute Gasteiger partial charge is 0.377 e. The zero-order valence-corrected chi connectivity index (χ0v) is 13.7. The number of aromatic amines is 1. The Morgan fingerprint density at radius 3 is 2.78 bits per heavy atom. The number of hydrogen-bond donors (Lipinski definition) is 3. The van der Waals surface area contributed by atoms with Gasteiger partial charge in [0.05, 0.1) is 6.04 Å². The van der Waals surface area contributed by atoms with E-state index in [2.05, 4.69) is 30.5 Å². The zero-order chi connectivity index (χ0) is 16.4. The van der Waals surface area contributed by atoms with Crippen LogP contribution in [0.15, 0.2) is 6.07 Å². The van der Waals surface area contributed by atoms with Crippen LogP contribution in [0.5, 0.6) is 0 Å². The minimum absolute atomic E-state index is 0.0539. The Balaban J connectivity index is 1.79. The van der Waals surface area contributed by atoms with Crippen molar-refractivity contribution in [3.8, 4) is 0 Å². The van der Waals surface area contributed by atoms with Crippen LogP contribution < -0.4 is 11.1 Å². The van der Waals surface area contributed by atoms with Crippen molar-refractivity contribution >= 4 is 5.82 Å². The molecule has 8 heteroatoms. The Kier molecular flexibility index (Phi) is 4.53. The average molecular weight is 317 g/mol. The standard InChI is InChI=1S/C15H23N7O/c1-8(15-18-9(2)21-22-15)17-13-6-12(10-4-11(16)5-10)19-14(20-13)7-23-3/h6,8,10-11H,4-5,7,16H2,1-3H3,(H,17,19,20)(H,18,21,22)/t8-,10?,11?/m1/s1. The maximum Gasteiger partial charge on any atom is 0.172 e. The van der Waals surface area contributed by atoms with Gasteiger partial charge in [-0.1, -0.05) is 0 Å². The number of aryl methyl sites for hydroxylation is 1. The zero-order valence-electron chi connectivity index (χ0n) is 13.7. The van der Waals surface area contributed by atoms with Crippen LogP contribution in [0.2, 0.25) is 0 Å². The summed E-state index contributed by atoms with van der Waals surface area (Å²) in [5.41, 5.74) is 6.92. The van der Waals surface area contributed by atoms with Crippen molar-refractivity contribution in [3.05, 3.63) is 29.2 Å². The summed E-state index contributed by atoms with van der Waals surface area (Å²) in [4.78, 5) is 13.5. The summed E-state index contributed by atoms with van der Waals surface area (Å²) < 4.78 is 5.18. The lowest BCUT2D eigenvalue weighted by Crippen LogP contribution is -2.35. The lowest BCUT2D eigenvalue weighted by atomic mass is 9.78. The Morgan fingerprint density at radius 2 is 2.17 bits per heavy atom. The van der Waals surface area contributed by atoms with Gasteiger partial charge in [-0.15, -0.1) is 0 Å². The van der Waals surface area contributed by atoms with Gasteiger partial charge in [-0.25, -0.2) is 15.0 Å². The molecule has 0 spiro atoms. The Morgan fingerprint density at radius 1 is 1.39 bits per heavy atom. The minimum atomic E-state index is -0.0539. The van der Waals surface area contributed by atoms with Crippen molar-refractivity contribution < 1.29 is 4.74 Å².